The zero-order valence-corrected chi connectivity index (χ0v) is 12.0. The molecule has 1 aromatic carbocycles. The molecule has 0 radical (unpaired) electrons. The number of thioether (sulfide) groups is 1. The smallest absolute Gasteiger partial charge is 0.305 e. The Morgan fingerprint density at radius 1 is 1.40 bits per heavy atom. The number of hydrogen-bond acceptors (Lipinski definition) is 5. The first kappa shape index (κ1) is 15.2. The van der Waals surface area contributed by atoms with E-state index in [9.17, 15) is 14.5 Å². The van der Waals surface area contributed by atoms with Crippen molar-refractivity contribution in [2.75, 3.05) is 37.7 Å². The molecule has 7 heteroatoms. The van der Waals surface area contributed by atoms with Gasteiger partial charge in [-0.05, 0) is 0 Å². The van der Waals surface area contributed by atoms with Crippen LogP contribution in [0.3, 0.4) is 0 Å². The van der Waals surface area contributed by atoms with Crippen LogP contribution in [0.2, 0.25) is 0 Å². The van der Waals surface area contributed by atoms with Gasteiger partial charge in [0.1, 0.15) is 0 Å². The minimum absolute atomic E-state index is 0.316. The molecule has 0 atom stereocenters. The van der Waals surface area contributed by atoms with Gasteiger partial charge in [0.25, 0.3) is 0 Å². The van der Waals surface area contributed by atoms with Gasteiger partial charge in [-0.2, -0.15) is 16.2 Å². The summed E-state index contributed by atoms with van der Waals surface area (Å²) in [5.41, 5.74) is -0.120. The van der Waals surface area contributed by atoms with Gasteiger partial charge in [-0.3, -0.25) is 10.1 Å². The minimum atomic E-state index is -0.737. The predicted octanol–water partition coefficient (Wildman–Crippen LogP) is 1.87. The average molecular weight is 299 g/mol. The molecule has 1 N–H and O–H groups in total. The molecular formula is C13H18FN3O2S. The van der Waals surface area contributed by atoms with Crippen molar-refractivity contribution in [2.45, 2.75) is 6.54 Å². The second-order valence-electron chi connectivity index (χ2n) is 4.64. The molecular weight excluding hydrogens is 281 g/mol. The van der Waals surface area contributed by atoms with E-state index in [0.717, 1.165) is 26.2 Å². The van der Waals surface area contributed by atoms with Crippen molar-refractivity contribution >= 4 is 17.4 Å². The molecule has 0 saturated carbocycles. The van der Waals surface area contributed by atoms with Gasteiger partial charge in [-0.25, -0.2) is 0 Å². The van der Waals surface area contributed by atoms with Crippen LogP contribution in [0.25, 0.3) is 0 Å². The fraction of sp³-hybridized carbons (Fsp3) is 0.538. The highest BCUT2D eigenvalue weighted by molar-refractivity contribution is 7.99. The Morgan fingerprint density at radius 3 is 2.85 bits per heavy atom. The van der Waals surface area contributed by atoms with Crippen LogP contribution in [-0.2, 0) is 6.54 Å². The van der Waals surface area contributed by atoms with Crippen LogP contribution in [0.1, 0.15) is 5.56 Å². The Kier molecular flexibility index (Phi) is 5.75. The lowest BCUT2D eigenvalue weighted by Gasteiger charge is -2.26. The maximum absolute atomic E-state index is 13.8. The molecule has 1 aromatic rings. The number of hydrogen-bond donors (Lipinski definition) is 1. The summed E-state index contributed by atoms with van der Waals surface area (Å²) in [4.78, 5) is 12.3. The SMILES string of the molecule is O=[N+]([O-])c1cccc(CNCCN2CCSCC2)c1F. The number of benzene rings is 1. The van der Waals surface area contributed by atoms with Gasteiger partial charge in [0.2, 0.25) is 5.82 Å². The summed E-state index contributed by atoms with van der Waals surface area (Å²) in [5.74, 6) is 1.60. The molecule has 1 aliphatic rings. The summed E-state index contributed by atoms with van der Waals surface area (Å²) < 4.78 is 13.8. The summed E-state index contributed by atoms with van der Waals surface area (Å²) in [6.07, 6.45) is 0. The van der Waals surface area contributed by atoms with E-state index in [2.05, 4.69) is 10.2 Å². The summed E-state index contributed by atoms with van der Waals surface area (Å²) in [5, 5.41) is 13.8. The number of nitrogens with one attached hydrogen (secondary N) is 1. The number of nitrogens with zero attached hydrogens (tertiary/aromatic N) is 2. The van der Waals surface area contributed by atoms with Crippen LogP contribution in [0.5, 0.6) is 0 Å². The highest BCUT2D eigenvalue weighted by atomic mass is 32.2. The van der Waals surface area contributed by atoms with Gasteiger partial charge in [-0.15, -0.1) is 0 Å². The van der Waals surface area contributed by atoms with Crippen molar-refractivity contribution in [3.8, 4) is 0 Å². The van der Waals surface area contributed by atoms with Crippen molar-refractivity contribution in [1.82, 2.24) is 10.2 Å². The maximum atomic E-state index is 13.8. The largest absolute Gasteiger partial charge is 0.311 e. The normalized spacial score (nSPS) is 16.2. The Labute approximate surface area is 121 Å². The number of nitro benzene ring substituents is 1. The van der Waals surface area contributed by atoms with Gasteiger partial charge in [0.05, 0.1) is 4.92 Å². The third kappa shape index (κ3) is 4.16. The van der Waals surface area contributed by atoms with Gasteiger partial charge < -0.3 is 10.2 Å². The van der Waals surface area contributed by atoms with E-state index in [1.807, 2.05) is 11.8 Å². The molecule has 0 spiro atoms. The highest BCUT2D eigenvalue weighted by Gasteiger charge is 2.16. The molecule has 1 fully saturated rings. The minimum Gasteiger partial charge on any atom is -0.311 e. The molecule has 1 aliphatic heterocycles. The van der Waals surface area contributed by atoms with Gasteiger partial charge in [-0.1, -0.05) is 12.1 Å². The molecule has 0 aliphatic carbocycles. The zero-order chi connectivity index (χ0) is 14.4. The average Bonchev–Trinajstić information content (AvgIpc) is 2.46. The standard InChI is InChI=1S/C13H18FN3O2S/c14-13-11(2-1-3-12(13)17(18)19)10-15-4-5-16-6-8-20-9-7-16/h1-3,15H,4-10H2. The zero-order valence-electron chi connectivity index (χ0n) is 11.2. The molecule has 20 heavy (non-hydrogen) atoms. The first-order valence-corrected chi connectivity index (χ1v) is 7.76. The second kappa shape index (κ2) is 7.56. The number of halogens is 1. The monoisotopic (exact) mass is 299 g/mol. The molecule has 0 unspecified atom stereocenters. The quantitative estimate of drug-likeness (QED) is 0.494. The Morgan fingerprint density at radius 2 is 2.15 bits per heavy atom. The lowest BCUT2D eigenvalue weighted by atomic mass is 10.2. The molecule has 1 heterocycles. The predicted molar refractivity (Wildman–Crippen MR) is 78.5 cm³/mol. The maximum Gasteiger partial charge on any atom is 0.305 e. The van der Waals surface area contributed by atoms with Crippen molar-refractivity contribution in [2.24, 2.45) is 0 Å². The Bertz CT molecular complexity index is 467. The van der Waals surface area contributed by atoms with Gasteiger partial charge in [0.15, 0.2) is 0 Å². The molecule has 0 bridgehead atoms. The molecule has 2 rings (SSSR count). The summed E-state index contributed by atoms with van der Waals surface area (Å²) in [7, 11) is 0. The van der Waals surface area contributed by atoms with E-state index in [4.69, 9.17) is 0 Å². The molecule has 0 amide bonds. The van der Waals surface area contributed by atoms with Crippen LogP contribution in [0, 0.1) is 15.9 Å². The molecule has 5 nitrogen and oxygen atoms in total. The lowest BCUT2D eigenvalue weighted by Crippen LogP contribution is -2.37. The van der Waals surface area contributed by atoms with Crippen LogP contribution in [0.15, 0.2) is 18.2 Å². The van der Waals surface area contributed by atoms with E-state index in [0.29, 0.717) is 12.1 Å². The molecule has 0 aromatic heterocycles. The van der Waals surface area contributed by atoms with Crippen LogP contribution in [0.4, 0.5) is 10.1 Å². The van der Waals surface area contributed by atoms with Gasteiger partial charge >= 0.3 is 5.69 Å². The van der Waals surface area contributed by atoms with Crippen LogP contribution in [-0.4, -0.2) is 47.5 Å². The first-order chi connectivity index (χ1) is 9.68. The van der Waals surface area contributed by atoms with Crippen LogP contribution >= 0.6 is 11.8 Å². The van der Waals surface area contributed by atoms with Gasteiger partial charge in [0, 0.05) is 55.9 Å². The van der Waals surface area contributed by atoms with E-state index in [-0.39, 0.29) is 0 Å². The first-order valence-electron chi connectivity index (χ1n) is 6.61. The topological polar surface area (TPSA) is 58.4 Å². The van der Waals surface area contributed by atoms with E-state index >= 15 is 0 Å². The highest BCUT2D eigenvalue weighted by Crippen LogP contribution is 2.19. The number of nitro groups is 1. The third-order valence-electron chi connectivity index (χ3n) is 3.28. The fourth-order valence-electron chi connectivity index (χ4n) is 2.13. The summed E-state index contributed by atoms with van der Waals surface area (Å²) >= 11 is 1.97. The molecule has 1 saturated heterocycles. The van der Waals surface area contributed by atoms with E-state index in [1.165, 1.54) is 23.6 Å². The van der Waals surface area contributed by atoms with Crippen molar-refractivity contribution in [3.05, 3.63) is 39.7 Å². The van der Waals surface area contributed by atoms with Crippen LogP contribution < -0.4 is 5.32 Å². The molecule has 110 valence electrons. The van der Waals surface area contributed by atoms with Crippen molar-refractivity contribution in [1.29, 1.82) is 0 Å². The second-order valence-corrected chi connectivity index (χ2v) is 5.86. The van der Waals surface area contributed by atoms with E-state index < -0.39 is 16.4 Å². The Balaban J connectivity index is 1.79. The summed E-state index contributed by atoms with van der Waals surface area (Å²) in [6.45, 7) is 4.19. The lowest BCUT2D eigenvalue weighted by molar-refractivity contribution is -0.387. The summed E-state index contributed by atoms with van der Waals surface area (Å²) in [6, 6.07) is 4.27. The van der Waals surface area contributed by atoms with E-state index in [1.54, 1.807) is 6.07 Å². The van der Waals surface area contributed by atoms with Crippen molar-refractivity contribution in [3.63, 3.8) is 0 Å². The fourth-order valence-corrected chi connectivity index (χ4v) is 3.11. The Hall–Kier alpha value is -1.18. The third-order valence-corrected chi connectivity index (χ3v) is 4.22. The van der Waals surface area contributed by atoms with Crippen molar-refractivity contribution < 1.29 is 9.31 Å². The number of rotatable bonds is 6.